The van der Waals surface area contributed by atoms with Gasteiger partial charge in [-0.15, -0.1) is 12.6 Å². The highest BCUT2D eigenvalue weighted by Crippen LogP contribution is 2.26. The van der Waals surface area contributed by atoms with Gasteiger partial charge in [0.15, 0.2) is 0 Å². The van der Waals surface area contributed by atoms with Gasteiger partial charge >= 0.3 is 5.97 Å². The molecular formula is C15H15NO3S. The highest BCUT2D eigenvalue weighted by Gasteiger charge is 2.32. The monoisotopic (exact) mass is 289 g/mol. The summed E-state index contributed by atoms with van der Waals surface area (Å²) in [5.41, 5.74) is 0.786. The zero-order valence-corrected chi connectivity index (χ0v) is 11.7. The molecule has 0 aromatic heterocycles. The Hall–Kier alpha value is -1.88. The van der Waals surface area contributed by atoms with E-state index < -0.39 is 17.8 Å². The molecule has 1 aromatic carbocycles. The topological polar surface area (TPSA) is 66.7 Å². The van der Waals surface area contributed by atoms with E-state index in [2.05, 4.69) is 17.6 Å². The van der Waals surface area contributed by atoms with E-state index in [1.165, 1.54) is 6.21 Å². The Kier molecular flexibility index (Phi) is 4.74. The number of hydrogen-bond acceptors (Lipinski definition) is 3. The SMILES string of the molecule is O=C(O)C1C=CCCC1C(=O)N=Cc1ccc(S)cc1. The molecule has 1 aliphatic rings. The summed E-state index contributed by atoms with van der Waals surface area (Å²) in [6.45, 7) is 0. The van der Waals surface area contributed by atoms with Gasteiger partial charge in [-0.25, -0.2) is 4.99 Å². The smallest absolute Gasteiger partial charge is 0.311 e. The van der Waals surface area contributed by atoms with Crippen LogP contribution in [0.4, 0.5) is 0 Å². The number of nitrogens with zero attached hydrogens (tertiary/aromatic N) is 1. The van der Waals surface area contributed by atoms with Crippen LogP contribution in [-0.2, 0) is 9.59 Å². The van der Waals surface area contributed by atoms with Crippen LogP contribution < -0.4 is 0 Å². The van der Waals surface area contributed by atoms with Gasteiger partial charge in [-0.05, 0) is 30.5 Å². The van der Waals surface area contributed by atoms with Crippen molar-refractivity contribution in [3.05, 3.63) is 42.0 Å². The molecule has 0 aliphatic heterocycles. The lowest BCUT2D eigenvalue weighted by Crippen LogP contribution is -2.29. The summed E-state index contributed by atoms with van der Waals surface area (Å²) >= 11 is 4.17. The number of benzene rings is 1. The van der Waals surface area contributed by atoms with Gasteiger partial charge in [-0.1, -0.05) is 24.3 Å². The van der Waals surface area contributed by atoms with Crippen molar-refractivity contribution in [2.75, 3.05) is 0 Å². The Morgan fingerprint density at radius 3 is 2.65 bits per heavy atom. The van der Waals surface area contributed by atoms with Gasteiger partial charge in [-0.2, -0.15) is 0 Å². The highest BCUT2D eigenvalue weighted by molar-refractivity contribution is 7.80. The summed E-state index contributed by atoms with van der Waals surface area (Å²) in [4.78, 5) is 27.9. The van der Waals surface area contributed by atoms with Crippen LogP contribution in [0.25, 0.3) is 0 Å². The van der Waals surface area contributed by atoms with Gasteiger partial charge in [0, 0.05) is 11.1 Å². The summed E-state index contributed by atoms with van der Waals surface area (Å²) in [5.74, 6) is -2.70. The molecule has 0 saturated carbocycles. The summed E-state index contributed by atoms with van der Waals surface area (Å²) in [7, 11) is 0. The van der Waals surface area contributed by atoms with Crippen LogP contribution in [0.2, 0.25) is 0 Å². The van der Waals surface area contributed by atoms with E-state index in [1.807, 2.05) is 0 Å². The fourth-order valence-corrected chi connectivity index (χ4v) is 2.31. The van der Waals surface area contributed by atoms with Crippen molar-refractivity contribution in [2.45, 2.75) is 17.7 Å². The minimum Gasteiger partial charge on any atom is -0.481 e. The third-order valence-corrected chi connectivity index (χ3v) is 3.56. The van der Waals surface area contributed by atoms with E-state index in [0.717, 1.165) is 10.5 Å². The standard InChI is InChI=1S/C15H15NO3S/c17-14(12-3-1-2-4-13(12)15(18)19)16-9-10-5-7-11(20)8-6-10/h2,4-9,12-13,20H,1,3H2,(H,18,19). The summed E-state index contributed by atoms with van der Waals surface area (Å²) in [6, 6.07) is 7.21. The predicted octanol–water partition coefficient (Wildman–Crippen LogP) is 2.59. The molecule has 1 N–H and O–H groups in total. The average Bonchev–Trinajstić information content (AvgIpc) is 2.46. The number of carboxylic acid groups (broad SMARTS) is 1. The molecule has 1 amide bonds. The molecule has 0 saturated heterocycles. The average molecular weight is 289 g/mol. The first-order valence-corrected chi connectivity index (χ1v) is 6.79. The lowest BCUT2D eigenvalue weighted by atomic mass is 9.83. The second-order valence-corrected chi connectivity index (χ2v) is 5.18. The first-order chi connectivity index (χ1) is 9.58. The van der Waals surface area contributed by atoms with Crippen LogP contribution >= 0.6 is 12.6 Å². The van der Waals surface area contributed by atoms with Crippen molar-refractivity contribution in [1.29, 1.82) is 0 Å². The van der Waals surface area contributed by atoms with Crippen molar-refractivity contribution in [1.82, 2.24) is 0 Å². The van der Waals surface area contributed by atoms with Crippen LogP contribution in [-0.4, -0.2) is 23.2 Å². The first-order valence-electron chi connectivity index (χ1n) is 6.34. The molecule has 2 unspecified atom stereocenters. The molecule has 0 fully saturated rings. The molecule has 0 spiro atoms. The fraction of sp³-hybridized carbons (Fsp3) is 0.267. The molecule has 5 heteroatoms. The Balaban J connectivity index is 2.09. The van der Waals surface area contributed by atoms with Crippen molar-refractivity contribution >= 4 is 30.7 Å². The predicted molar refractivity (Wildman–Crippen MR) is 79.3 cm³/mol. The Morgan fingerprint density at radius 2 is 2.00 bits per heavy atom. The summed E-state index contributed by atoms with van der Waals surface area (Å²) in [6.07, 6.45) is 6.09. The van der Waals surface area contributed by atoms with Gasteiger partial charge in [-0.3, -0.25) is 9.59 Å². The molecule has 0 radical (unpaired) electrons. The van der Waals surface area contributed by atoms with Crippen LogP contribution in [0, 0.1) is 11.8 Å². The number of aliphatic imine (C=N–C) groups is 1. The van der Waals surface area contributed by atoms with Gasteiger partial charge in [0.1, 0.15) is 0 Å². The third-order valence-electron chi connectivity index (χ3n) is 3.26. The number of amides is 1. The Morgan fingerprint density at radius 1 is 1.30 bits per heavy atom. The number of rotatable bonds is 3. The van der Waals surface area contributed by atoms with E-state index >= 15 is 0 Å². The molecule has 1 aromatic rings. The number of aliphatic carboxylic acids is 1. The number of carbonyl (C=O) groups is 2. The van der Waals surface area contributed by atoms with Crippen LogP contribution in [0.15, 0.2) is 46.3 Å². The van der Waals surface area contributed by atoms with Gasteiger partial charge < -0.3 is 5.11 Å². The van der Waals surface area contributed by atoms with E-state index in [0.29, 0.717) is 12.8 Å². The minimum atomic E-state index is -0.978. The number of hydrogen-bond donors (Lipinski definition) is 2. The van der Waals surface area contributed by atoms with Gasteiger partial charge in [0.05, 0.1) is 11.8 Å². The van der Waals surface area contributed by atoms with E-state index in [1.54, 1.807) is 36.4 Å². The molecule has 1 aliphatic carbocycles. The van der Waals surface area contributed by atoms with Gasteiger partial charge in [0.2, 0.25) is 5.91 Å². The maximum Gasteiger partial charge on any atom is 0.311 e. The van der Waals surface area contributed by atoms with E-state index in [-0.39, 0.29) is 5.91 Å². The molecule has 104 valence electrons. The number of allylic oxidation sites excluding steroid dienone is 1. The lowest BCUT2D eigenvalue weighted by Gasteiger charge is -2.21. The Bertz CT molecular complexity index is 563. The zero-order chi connectivity index (χ0) is 14.5. The maximum atomic E-state index is 12.0. The maximum absolute atomic E-state index is 12.0. The second-order valence-electron chi connectivity index (χ2n) is 4.66. The molecule has 0 bridgehead atoms. The zero-order valence-electron chi connectivity index (χ0n) is 10.8. The quantitative estimate of drug-likeness (QED) is 0.510. The molecular weight excluding hydrogens is 274 g/mol. The highest BCUT2D eigenvalue weighted by atomic mass is 32.1. The van der Waals surface area contributed by atoms with Crippen molar-refractivity contribution in [3.8, 4) is 0 Å². The summed E-state index contributed by atoms with van der Waals surface area (Å²) in [5, 5.41) is 9.11. The molecule has 2 atom stereocenters. The second kappa shape index (κ2) is 6.52. The van der Waals surface area contributed by atoms with E-state index in [9.17, 15) is 9.59 Å². The van der Waals surface area contributed by atoms with Crippen molar-refractivity contribution in [3.63, 3.8) is 0 Å². The minimum absolute atomic E-state index is 0.378. The number of carbonyl (C=O) groups excluding carboxylic acids is 1. The number of thiol groups is 1. The van der Waals surface area contributed by atoms with Gasteiger partial charge in [0.25, 0.3) is 0 Å². The van der Waals surface area contributed by atoms with Crippen molar-refractivity contribution in [2.24, 2.45) is 16.8 Å². The third kappa shape index (κ3) is 3.57. The lowest BCUT2D eigenvalue weighted by molar-refractivity contribution is -0.144. The number of carboxylic acids is 1. The first kappa shape index (κ1) is 14.5. The molecule has 2 rings (SSSR count). The molecule has 4 nitrogen and oxygen atoms in total. The Labute approximate surface area is 122 Å². The summed E-state index contributed by atoms with van der Waals surface area (Å²) < 4.78 is 0. The van der Waals surface area contributed by atoms with E-state index in [4.69, 9.17) is 5.11 Å². The van der Waals surface area contributed by atoms with Crippen LogP contribution in [0.3, 0.4) is 0 Å². The largest absolute Gasteiger partial charge is 0.481 e. The molecule has 20 heavy (non-hydrogen) atoms. The van der Waals surface area contributed by atoms with Crippen molar-refractivity contribution < 1.29 is 14.7 Å². The van der Waals surface area contributed by atoms with Crippen LogP contribution in [0.1, 0.15) is 18.4 Å². The molecule has 0 heterocycles. The van der Waals surface area contributed by atoms with Crippen LogP contribution in [0.5, 0.6) is 0 Å². The fourth-order valence-electron chi connectivity index (χ4n) is 2.16. The normalized spacial score (nSPS) is 22.1.